The normalized spacial score (nSPS) is 24.4. The number of likely N-dealkylation sites (tertiary alicyclic amines) is 1. The summed E-state index contributed by atoms with van der Waals surface area (Å²) in [6.45, 7) is 10.5. The van der Waals surface area contributed by atoms with E-state index >= 15 is 0 Å². The molecule has 1 saturated heterocycles. The van der Waals surface area contributed by atoms with Crippen molar-refractivity contribution in [3.05, 3.63) is 0 Å². The molecule has 1 aliphatic rings. The van der Waals surface area contributed by atoms with Gasteiger partial charge in [0.15, 0.2) is 0 Å². The Morgan fingerprint density at radius 2 is 2.14 bits per heavy atom. The van der Waals surface area contributed by atoms with Crippen LogP contribution in [0, 0.1) is 0 Å². The highest BCUT2D eigenvalue weighted by Crippen LogP contribution is 2.16. The molecule has 1 atom stereocenters. The summed E-state index contributed by atoms with van der Waals surface area (Å²) < 4.78 is 0. The molecule has 0 bridgehead atoms. The van der Waals surface area contributed by atoms with Crippen LogP contribution < -0.4 is 5.32 Å². The quantitative estimate of drug-likeness (QED) is 0.729. The molecule has 0 aromatic rings. The average molecular weight is 198 g/mol. The molecule has 0 radical (unpaired) electrons. The van der Waals surface area contributed by atoms with Gasteiger partial charge in [0.2, 0.25) is 0 Å². The van der Waals surface area contributed by atoms with E-state index < -0.39 is 0 Å². The van der Waals surface area contributed by atoms with Gasteiger partial charge in [-0.15, -0.1) is 0 Å². The van der Waals surface area contributed by atoms with Gasteiger partial charge in [-0.1, -0.05) is 27.2 Å². The standard InChI is InChI=1S/C12H26N2/c1-4-8-14-9-6-5-7-12(14)10-13-11(2)3/h11-13H,4-10H2,1-3H3. The summed E-state index contributed by atoms with van der Waals surface area (Å²) in [4.78, 5) is 2.67. The first-order valence-corrected chi connectivity index (χ1v) is 6.21. The van der Waals surface area contributed by atoms with Gasteiger partial charge < -0.3 is 5.32 Å². The van der Waals surface area contributed by atoms with Crippen molar-refractivity contribution in [1.29, 1.82) is 0 Å². The summed E-state index contributed by atoms with van der Waals surface area (Å²) in [5.41, 5.74) is 0. The molecule has 84 valence electrons. The molecule has 0 aliphatic carbocycles. The van der Waals surface area contributed by atoms with Crippen LogP contribution in [0.5, 0.6) is 0 Å². The Kier molecular flexibility index (Phi) is 5.49. The van der Waals surface area contributed by atoms with Gasteiger partial charge in [-0.25, -0.2) is 0 Å². The van der Waals surface area contributed by atoms with Gasteiger partial charge in [-0.3, -0.25) is 4.90 Å². The minimum atomic E-state index is 0.625. The molecule has 1 N–H and O–H groups in total. The van der Waals surface area contributed by atoms with E-state index in [2.05, 4.69) is 31.0 Å². The molecule has 1 rings (SSSR count). The molecule has 0 aromatic carbocycles. The second-order valence-corrected chi connectivity index (χ2v) is 4.75. The number of rotatable bonds is 5. The molecule has 0 aromatic heterocycles. The van der Waals surface area contributed by atoms with Crippen molar-refractivity contribution in [2.75, 3.05) is 19.6 Å². The predicted molar refractivity (Wildman–Crippen MR) is 62.6 cm³/mol. The average Bonchev–Trinajstić information content (AvgIpc) is 2.17. The maximum Gasteiger partial charge on any atom is 0.0220 e. The zero-order valence-corrected chi connectivity index (χ0v) is 10.1. The topological polar surface area (TPSA) is 15.3 Å². The lowest BCUT2D eigenvalue weighted by atomic mass is 10.0. The third kappa shape index (κ3) is 3.97. The highest BCUT2D eigenvalue weighted by Gasteiger charge is 2.20. The van der Waals surface area contributed by atoms with Gasteiger partial charge in [0.1, 0.15) is 0 Å². The first-order chi connectivity index (χ1) is 6.74. The van der Waals surface area contributed by atoms with Crippen LogP contribution in [-0.2, 0) is 0 Å². The zero-order chi connectivity index (χ0) is 10.4. The lowest BCUT2D eigenvalue weighted by molar-refractivity contribution is 0.144. The molecule has 1 unspecified atom stereocenters. The molecular weight excluding hydrogens is 172 g/mol. The molecule has 0 amide bonds. The van der Waals surface area contributed by atoms with Gasteiger partial charge in [-0.2, -0.15) is 0 Å². The molecule has 1 fully saturated rings. The molecule has 2 nitrogen and oxygen atoms in total. The van der Waals surface area contributed by atoms with Crippen LogP contribution in [0.1, 0.15) is 46.5 Å². The minimum Gasteiger partial charge on any atom is -0.313 e. The third-order valence-electron chi connectivity index (χ3n) is 3.02. The van der Waals surface area contributed by atoms with Crippen molar-refractivity contribution in [1.82, 2.24) is 10.2 Å². The fourth-order valence-corrected chi connectivity index (χ4v) is 2.24. The first kappa shape index (κ1) is 12.0. The Morgan fingerprint density at radius 3 is 2.79 bits per heavy atom. The molecule has 14 heavy (non-hydrogen) atoms. The van der Waals surface area contributed by atoms with Crippen molar-refractivity contribution < 1.29 is 0 Å². The molecule has 0 saturated carbocycles. The van der Waals surface area contributed by atoms with Crippen LogP contribution in [0.3, 0.4) is 0 Å². The van der Waals surface area contributed by atoms with Crippen molar-refractivity contribution >= 4 is 0 Å². The Balaban J connectivity index is 2.30. The van der Waals surface area contributed by atoms with Gasteiger partial charge in [0, 0.05) is 18.6 Å². The highest BCUT2D eigenvalue weighted by molar-refractivity contribution is 4.78. The summed E-state index contributed by atoms with van der Waals surface area (Å²) in [7, 11) is 0. The van der Waals surface area contributed by atoms with Crippen LogP contribution in [0.4, 0.5) is 0 Å². The van der Waals surface area contributed by atoms with E-state index in [9.17, 15) is 0 Å². The summed E-state index contributed by atoms with van der Waals surface area (Å²) in [6, 6.07) is 1.42. The Labute approximate surface area is 89.1 Å². The van der Waals surface area contributed by atoms with E-state index in [1.165, 1.54) is 45.3 Å². The number of hydrogen-bond donors (Lipinski definition) is 1. The van der Waals surface area contributed by atoms with Gasteiger partial charge in [0.25, 0.3) is 0 Å². The predicted octanol–water partition coefficient (Wildman–Crippen LogP) is 2.25. The fraction of sp³-hybridized carbons (Fsp3) is 1.00. The monoisotopic (exact) mass is 198 g/mol. The second-order valence-electron chi connectivity index (χ2n) is 4.75. The lowest BCUT2D eigenvalue weighted by Gasteiger charge is -2.36. The fourth-order valence-electron chi connectivity index (χ4n) is 2.24. The zero-order valence-electron chi connectivity index (χ0n) is 10.1. The summed E-state index contributed by atoms with van der Waals surface area (Å²) in [6.07, 6.45) is 5.50. The van der Waals surface area contributed by atoms with Crippen LogP contribution in [0.25, 0.3) is 0 Å². The number of nitrogens with zero attached hydrogens (tertiary/aromatic N) is 1. The summed E-state index contributed by atoms with van der Waals surface area (Å²) in [5.74, 6) is 0. The molecule has 0 spiro atoms. The van der Waals surface area contributed by atoms with Crippen molar-refractivity contribution in [3.8, 4) is 0 Å². The maximum absolute atomic E-state index is 3.56. The van der Waals surface area contributed by atoms with Crippen LogP contribution >= 0.6 is 0 Å². The summed E-state index contributed by atoms with van der Waals surface area (Å²) >= 11 is 0. The maximum atomic E-state index is 3.56. The number of hydrogen-bond acceptors (Lipinski definition) is 2. The summed E-state index contributed by atoms with van der Waals surface area (Å²) in [5, 5.41) is 3.56. The molecular formula is C12H26N2. The number of piperidine rings is 1. The second kappa shape index (κ2) is 6.41. The molecule has 1 aliphatic heterocycles. The van der Waals surface area contributed by atoms with Gasteiger partial charge in [0.05, 0.1) is 0 Å². The molecule has 2 heteroatoms. The molecule has 1 heterocycles. The van der Waals surface area contributed by atoms with E-state index in [4.69, 9.17) is 0 Å². The Bertz CT molecular complexity index is 143. The highest BCUT2D eigenvalue weighted by atomic mass is 15.2. The van der Waals surface area contributed by atoms with E-state index in [0.717, 1.165) is 6.04 Å². The van der Waals surface area contributed by atoms with Crippen LogP contribution in [0.15, 0.2) is 0 Å². The SMILES string of the molecule is CCCN1CCCCC1CNC(C)C. The first-order valence-electron chi connectivity index (χ1n) is 6.21. The largest absolute Gasteiger partial charge is 0.313 e. The van der Waals surface area contributed by atoms with Crippen molar-refractivity contribution in [2.45, 2.75) is 58.5 Å². The smallest absolute Gasteiger partial charge is 0.0220 e. The van der Waals surface area contributed by atoms with Gasteiger partial charge >= 0.3 is 0 Å². The third-order valence-corrected chi connectivity index (χ3v) is 3.02. The van der Waals surface area contributed by atoms with Crippen LogP contribution in [-0.4, -0.2) is 36.6 Å². The van der Waals surface area contributed by atoms with Gasteiger partial charge in [-0.05, 0) is 32.4 Å². The Hall–Kier alpha value is -0.0800. The van der Waals surface area contributed by atoms with Crippen molar-refractivity contribution in [3.63, 3.8) is 0 Å². The lowest BCUT2D eigenvalue weighted by Crippen LogP contribution is -2.46. The minimum absolute atomic E-state index is 0.625. The van der Waals surface area contributed by atoms with Crippen molar-refractivity contribution in [2.24, 2.45) is 0 Å². The van der Waals surface area contributed by atoms with E-state index in [1.807, 2.05) is 0 Å². The Morgan fingerprint density at radius 1 is 1.36 bits per heavy atom. The van der Waals surface area contributed by atoms with E-state index in [0.29, 0.717) is 6.04 Å². The van der Waals surface area contributed by atoms with Crippen LogP contribution in [0.2, 0.25) is 0 Å². The van der Waals surface area contributed by atoms with E-state index in [1.54, 1.807) is 0 Å². The number of nitrogens with one attached hydrogen (secondary N) is 1. The van der Waals surface area contributed by atoms with E-state index in [-0.39, 0.29) is 0 Å².